The Morgan fingerprint density at radius 1 is 0.923 bits per heavy atom. The van der Waals surface area contributed by atoms with E-state index in [1.54, 1.807) is 60.8 Å². The Morgan fingerprint density at radius 3 is 2.26 bits per heavy atom. The highest BCUT2D eigenvalue weighted by atomic mass is 35.5. The van der Waals surface area contributed by atoms with Gasteiger partial charge in [-0.25, -0.2) is 8.42 Å². The van der Waals surface area contributed by atoms with E-state index in [1.165, 1.54) is 8.99 Å². The van der Waals surface area contributed by atoms with Crippen molar-refractivity contribution in [2.45, 2.75) is 24.3 Å². The van der Waals surface area contributed by atoms with Crippen LogP contribution in [0.3, 0.4) is 0 Å². The van der Waals surface area contributed by atoms with Gasteiger partial charge in [0.25, 0.3) is 0 Å². The second kappa shape index (κ2) is 11.6. The Kier molecular flexibility index (Phi) is 8.02. The molecule has 1 aliphatic heterocycles. The van der Waals surface area contributed by atoms with Gasteiger partial charge in [0.2, 0.25) is 15.8 Å². The Bertz CT molecular complexity index is 1590. The molecule has 4 aromatic rings. The molecule has 1 aliphatic rings. The van der Waals surface area contributed by atoms with E-state index in [0.29, 0.717) is 35.9 Å². The van der Waals surface area contributed by atoms with Crippen LogP contribution in [0, 0.1) is 0 Å². The van der Waals surface area contributed by atoms with Crippen molar-refractivity contribution in [3.63, 3.8) is 0 Å². The van der Waals surface area contributed by atoms with Gasteiger partial charge in [-0.1, -0.05) is 66.2 Å². The van der Waals surface area contributed by atoms with Gasteiger partial charge in [-0.3, -0.25) is 4.79 Å². The Labute approximate surface area is 233 Å². The smallest absolute Gasteiger partial charge is 0.316 e. The number of sulfonamides is 1. The van der Waals surface area contributed by atoms with Crippen molar-refractivity contribution < 1.29 is 13.2 Å². The standard InChI is InChI=1S/C29H29ClN4O4S/c1-22(19-23-9-4-2-5-10-23)38-28-27(21-31-34(29(28)35)25-12-8-11-24(30)20-25)32-15-17-33(18-16-32)39(36,37)26-13-6-3-7-14-26/h2-14,20-22H,15-19H2,1H3. The van der Waals surface area contributed by atoms with Crippen LogP contribution in [0.2, 0.25) is 5.02 Å². The molecule has 0 radical (unpaired) electrons. The second-order valence-electron chi connectivity index (χ2n) is 9.38. The number of halogens is 1. The molecule has 0 saturated carbocycles. The van der Waals surface area contributed by atoms with Crippen molar-refractivity contribution in [2.24, 2.45) is 0 Å². The van der Waals surface area contributed by atoms with E-state index in [4.69, 9.17) is 16.3 Å². The van der Waals surface area contributed by atoms with Crippen LogP contribution in [0.15, 0.2) is 101 Å². The lowest BCUT2D eigenvalue weighted by atomic mass is 10.1. The van der Waals surface area contributed by atoms with Gasteiger partial charge in [0.05, 0.1) is 16.8 Å². The maximum atomic E-state index is 13.7. The number of anilines is 1. The highest BCUT2D eigenvalue weighted by Crippen LogP contribution is 2.28. The van der Waals surface area contributed by atoms with Crippen LogP contribution in [0.1, 0.15) is 12.5 Å². The van der Waals surface area contributed by atoms with Crippen molar-refractivity contribution in [3.05, 3.63) is 112 Å². The van der Waals surface area contributed by atoms with Crippen LogP contribution in [-0.2, 0) is 16.4 Å². The highest BCUT2D eigenvalue weighted by Gasteiger charge is 2.30. The lowest BCUT2D eigenvalue weighted by Crippen LogP contribution is -2.49. The minimum Gasteiger partial charge on any atom is -0.483 e. The van der Waals surface area contributed by atoms with Gasteiger partial charge in [-0.15, -0.1) is 0 Å². The van der Waals surface area contributed by atoms with Crippen LogP contribution in [0.25, 0.3) is 5.69 Å². The Hall–Kier alpha value is -3.66. The molecule has 0 N–H and O–H groups in total. The number of hydrogen-bond acceptors (Lipinski definition) is 6. The van der Waals surface area contributed by atoms with E-state index in [9.17, 15) is 13.2 Å². The van der Waals surface area contributed by atoms with Crippen molar-refractivity contribution in [3.8, 4) is 11.4 Å². The number of rotatable bonds is 8. The summed E-state index contributed by atoms with van der Waals surface area (Å²) >= 11 is 6.17. The molecule has 3 aromatic carbocycles. The molecule has 202 valence electrons. The number of nitrogens with zero attached hydrogens (tertiary/aromatic N) is 4. The van der Waals surface area contributed by atoms with Gasteiger partial charge >= 0.3 is 5.56 Å². The van der Waals surface area contributed by atoms with Crippen LogP contribution in [0.5, 0.6) is 5.75 Å². The summed E-state index contributed by atoms with van der Waals surface area (Å²) in [6, 6.07) is 25.2. The monoisotopic (exact) mass is 564 g/mol. The van der Waals surface area contributed by atoms with Gasteiger partial charge < -0.3 is 9.64 Å². The largest absolute Gasteiger partial charge is 0.483 e. The predicted molar refractivity (Wildman–Crippen MR) is 152 cm³/mol. The summed E-state index contributed by atoms with van der Waals surface area (Å²) in [4.78, 5) is 16.0. The first kappa shape index (κ1) is 26.9. The van der Waals surface area contributed by atoms with Crippen LogP contribution in [-0.4, -0.2) is 54.8 Å². The quantitative estimate of drug-likeness (QED) is 0.315. The Balaban J connectivity index is 1.43. The zero-order valence-electron chi connectivity index (χ0n) is 21.5. The van der Waals surface area contributed by atoms with Crippen LogP contribution < -0.4 is 15.2 Å². The van der Waals surface area contributed by atoms with E-state index in [2.05, 4.69) is 5.10 Å². The fourth-order valence-corrected chi connectivity index (χ4v) is 6.28. The number of piperazine rings is 1. The third kappa shape index (κ3) is 6.00. The molecule has 0 aliphatic carbocycles. The molecule has 0 bridgehead atoms. The van der Waals surface area contributed by atoms with E-state index in [1.807, 2.05) is 42.2 Å². The summed E-state index contributed by atoms with van der Waals surface area (Å²) in [6.45, 7) is 3.24. The molecule has 10 heteroatoms. The summed E-state index contributed by atoms with van der Waals surface area (Å²) in [5.41, 5.74) is 1.75. The van der Waals surface area contributed by atoms with Crippen molar-refractivity contribution in [1.29, 1.82) is 0 Å². The molecule has 1 atom stereocenters. The lowest BCUT2D eigenvalue weighted by molar-refractivity contribution is 0.217. The molecule has 8 nitrogen and oxygen atoms in total. The predicted octanol–water partition coefficient (Wildman–Crippen LogP) is 4.41. The van der Waals surface area contributed by atoms with Gasteiger partial charge in [0.1, 0.15) is 11.8 Å². The first-order valence-corrected chi connectivity index (χ1v) is 14.5. The number of ether oxygens (including phenoxy) is 1. The molecular formula is C29H29ClN4O4S. The lowest BCUT2D eigenvalue weighted by Gasteiger charge is -2.36. The summed E-state index contributed by atoms with van der Waals surface area (Å²) in [5, 5.41) is 4.91. The zero-order chi connectivity index (χ0) is 27.4. The topological polar surface area (TPSA) is 84.7 Å². The fraction of sp³-hybridized carbons (Fsp3) is 0.241. The average Bonchev–Trinajstić information content (AvgIpc) is 2.95. The SMILES string of the molecule is CC(Cc1ccccc1)Oc1c(N2CCN(S(=O)(=O)c3ccccc3)CC2)cnn(-c2cccc(Cl)c2)c1=O. The first-order valence-electron chi connectivity index (χ1n) is 12.7. The van der Waals surface area contributed by atoms with Crippen molar-refractivity contribution in [1.82, 2.24) is 14.1 Å². The summed E-state index contributed by atoms with van der Waals surface area (Å²) in [6.07, 6.45) is 1.92. The fourth-order valence-electron chi connectivity index (χ4n) is 4.66. The van der Waals surface area contributed by atoms with Crippen LogP contribution >= 0.6 is 11.6 Å². The molecule has 5 rings (SSSR count). The summed E-state index contributed by atoms with van der Waals surface area (Å²) in [7, 11) is -3.60. The first-order chi connectivity index (χ1) is 18.8. The highest BCUT2D eigenvalue weighted by molar-refractivity contribution is 7.89. The van der Waals surface area contributed by atoms with Gasteiger partial charge in [0, 0.05) is 37.6 Å². The average molecular weight is 565 g/mol. The summed E-state index contributed by atoms with van der Waals surface area (Å²) in [5.74, 6) is 0.174. The number of benzene rings is 3. The van der Waals surface area contributed by atoms with Gasteiger partial charge in [0.15, 0.2) is 0 Å². The molecule has 0 amide bonds. The minimum absolute atomic E-state index is 0.174. The molecule has 1 fully saturated rings. The zero-order valence-corrected chi connectivity index (χ0v) is 23.1. The molecular weight excluding hydrogens is 536 g/mol. The second-order valence-corrected chi connectivity index (χ2v) is 11.8. The molecule has 0 spiro atoms. The number of hydrogen-bond donors (Lipinski definition) is 0. The molecule has 39 heavy (non-hydrogen) atoms. The van der Waals surface area contributed by atoms with E-state index < -0.39 is 15.6 Å². The molecule has 1 saturated heterocycles. The molecule has 2 heterocycles. The third-order valence-electron chi connectivity index (χ3n) is 6.61. The molecule has 1 aromatic heterocycles. The van der Waals surface area contributed by atoms with E-state index in [0.717, 1.165) is 5.56 Å². The van der Waals surface area contributed by atoms with Crippen molar-refractivity contribution in [2.75, 3.05) is 31.1 Å². The van der Waals surface area contributed by atoms with E-state index >= 15 is 0 Å². The summed E-state index contributed by atoms with van der Waals surface area (Å²) < 4.78 is 35.3. The van der Waals surface area contributed by atoms with Crippen molar-refractivity contribution >= 4 is 27.3 Å². The maximum absolute atomic E-state index is 13.7. The maximum Gasteiger partial charge on any atom is 0.316 e. The third-order valence-corrected chi connectivity index (χ3v) is 8.76. The van der Waals surface area contributed by atoms with Gasteiger partial charge in [-0.2, -0.15) is 14.1 Å². The minimum atomic E-state index is -3.60. The normalized spacial score (nSPS) is 15.2. The number of aromatic nitrogens is 2. The molecule has 1 unspecified atom stereocenters. The van der Waals surface area contributed by atoms with Crippen LogP contribution in [0.4, 0.5) is 5.69 Å². The van der Waals surface area contributed by atoms with E-state index in [-0.39, 0.29) is 29.8 Å². The Morgan fingerprint density at radius 2 is 1.59 bits per heavy atom. The van der Waals surface area contributed by atoms with Gasteiger partial charge in [-0.05, 0) is 42.8 Å².